The van der Waals surface area contributed by atoms with E-state index in [1.54, 1.807) is 44.6 Å². The van der Waals surface area contributed by atoms with Crippen LogP contribution in [0.1, 0.15) is 70.9 Å². The number of nitrogens with zero attached hydrogens (tertiary/aromatic N) is 2. The summed E-state index contributed by atoms with van der Waals surface area (Å²) in [6.07, 6.45) is 9.38. The minimum atomic E-state index is -2.54. The normalized spacial score (nSPS) is 26.7. The quantitative estimate of drug-likeness (QED) is 0.216. The van der Waals surface area contributed by atoms with Crippen molar-refractivity contribution in [1.29, 1.82) is 0 Å². The van der Waals surface area contributed by atoms with Gasteiger partial charge in [-0.15, -0.1) is 0 Å². The summed E-state index contributed by atoms with van der Waals surface area (Å²) < 4.78 is 35.8. The molecule has 6 rings (SSSR count). The highest BCUT2D eigenvalue weighted by atomic mass is 35.5. The van der Waals surface area contributed by atoms with Gasteiger partial charge in [-0.25, -0.2) is 0 Å². The molecule has 1 aliphatic carbocycles. The van der Waals surface area contributed by atoms with E-state index in [2.05, 4.69) is 32.8 Å². The van der Waals surface area contributed by atoms with Crippen LogP contribution in [-0.2, 0) is 28.3 Å². The lowest BCUT2D eigenvalue weighted by atomic mass is 9.70. The summed E-state index contributed by atoms with van der Waals surface area (Å²) in [5.41, 5.74) is 3.89. The molecule has 0 spiro atoms. The van der Waals surface area contributed by atoms with Gasteiger partial charge in [-0.05, 0) is 122 Å². The Morgan fingerprint density at radius 3 is 2.60 bits per heavy atom. The zero-order valence-electron chi connectivity index (χ0n) is 28.8. The number of carbonyl (C=O) groups excluding carboxylic acids is 2. The van der Waals surface area contributed by atoms with Crippen molar-refractivity contribution in [3.05, 3.63) is 100 Å². The molecule has 9 nitrogen and oxygen atoms in total. The predicted molar refractivity (Wildman–Crippen MR) is 198 cm³/mol. The molecule has 0 saturated heterocycles. The van der Waals surface area contributed by atoms with Gasteiger partial charge in [0.1, 0.15) is 16.9 Å². The molecule has 50 heavy (non-hydrogen) atoms. The summed E-state index contributed by atoms with van der Waals surface area (Å²) in [5, 5.41) is 2.75. The number of thiol groups is 1. The third-order valence-electron chi connectivity index (χ3n) is 10.2. The fourth-order valence-corrected chi connectivity index (χ4v) is 8.53. The second-order valence-corrected chi connectivity index (χ2v) is 15.3. The number of benzene rings is 3. The Hall–Kier alpha value is -3.86. The van der Waals surface area contributed by atoms with Gasteiger partial charge in [0.15, 0.2) is 0 Å². The van der Waals surface area contributed by atoms with Gasteiger partial charge >= 0.3 is 0 Å². The first-order valence-corrected chi connectivity index (χ1v) is 19.1. The highest BCUT2D eigenvalue weighted by Crippen LogP contribution is 2.42. The summed E-state index contributed by atoms with van der Waals surface area (Å²) in [6.45, 7) is 3.80. The Kier molecular flexibility index (Phi) is 11.8. The topological polar surface area (TPSA) is 107 Å². The molecule has 3 aromatic carbocycles. The lowest BCUT2D eigenvalue weighted by Crippen LogP contribution is -2.43. The minimum Gasteiger partial charge on any atom is -0.497 e. The third kappa shape index (κ3) is 8.36. The first-order chi connectivity index (χ1) is 24.2. The second kappa shape index (κ2) is 16.4. The molecule has 1 N–H and O–H groups in total. The maximum absolute atomic E-state index is 13.9. The Morgan fingerprint density at radius 1 is 1.04 bits per heavy atom. The average molecular weight is 720 g/mol. The number of anilines is 1. The van der Waals surface area contributed by atoms with Gasteiger partial charge in [0.05, 0.1) is 36.1 Å². The van der Waals surface area contributed by atoms with Crippen LogP contribution in [0.25, 0.3) is 0 Å². The summed E-state index contributed by atoms with van der Waals surface area (Å²) >= 11 is 6.45. The number of hydrogen-bond acceptors (Lipinski definition) is 7. The third-order valence-corrected chi connectivity index (χ3v) is 12.0. The van der Waals surface area contributed by atoms with Crippen LogP contribution >= 0.6 is 11.6 Å². The maximum Gasteiger partial charge on any atom is 0.285 e. The molecule has 3 aliphatic rings. The highest BCUT2D eigenvalue weighted by molar-refractivity contribution is 7.76. The van der Waals surface area contributed by atoms with E-state index in [0.717, 1.165) is 44.3 Å². The number of hydrogen-bond donors (Lipinski definition) is 2. The van der Waals surface area contributed by atoms with Crippen molar-refractivity contribution in [3.8, 4) is 11.5 Å². The molecule has 2 aliphatic heterocycles. The fraction of sp³-hybridized carbons (Fsp3) is 0.436. The molecule has 266 valence electrons. The number of carbonyl (C=O) groups is 2. The lowest BCUT2D eigenvalue weighted by Gasteiger charge is -2.43. The van der Waals surface area contributed by atoms with Crippen molar-refractivity contribution in [3.63, 3.8) is 0 Å². The predicted octanol–water partition coefficient (Wildman–Crippen LogP) is 7.27. The maximum atomic E-state index is 13.9. The zero-order valence-corrected chi connectivity index (χ0v) is 30.5. The summed E-state index contributed by atoms with van der Waals surface area (Å²) in [5.74, 6) is 0.665. The summed E-state index contributed by atoms with van der Waals surface area (Å²) in [4.78, 5) is 29.4. The Bertz CT molecular complexity index is 1810. The van der Waals surface area contributed by atoms with Gasteiger partial charge in [0.2, 0.25) is 0 Å². The highest BCUT2D eigenvalue weighted by Gasteiger charge is 2.38. The van der Waals surface area contributed by atoms with Gasteiger partial charge in [-0.3, -0.25) is 13.8 Å². The van der Waals surface area contributed by atoms with Crippen LogP contribution < -0.4 is 19.7 Å². The Balaban J connectivity index is 1.41. The molecule has 3 aromatic rings. The second-order valence-electron chi connectivity index (χ2n) is 13.5. The van der Waals surface area contributed by atoms with Gasteiger partial charge in [0.25, 0.3) is 11.8 Å². The number of amides is 2. The largest absolute Gasteiger partial charge is 0.497 e. The summed E-state index contributed by atoms with van der Waals surface area (Å²) in [6, 6.07) is 18.1. The number of ether oxygens (including phenoxy) is 3. The number of methoxy groups -OCH3 is 2. The molecule has 0 aromatic heterocycles. The zero-order chi connectivity index (χ0) is 35.2. The smallest absolute Gasteiger partial charge is 0.285 e. The molecule has 6 atom stereocenters. The molecular formula is C39H46ClN3O6S. The van der Waals surface area contributed by atoms with Crippen LogP contribution in [0.2, 0.25) is 5.02 Å². The van der Waals surface area contributed by atoms with E-state index in [9.17, 15) is 13.8 Å². The first-order valence-electron chi connectivity index (χ1n) is 17.4. The van der Waals surface area contributed by atoms with Crippen molar-refractivity contribution < 1.29 is 28.0 Å². The van der Waals surface area contributed by atoms with Crippen molar-refractivity contribution in [1.82, 2.24) is 5.32 Å². The van der Waals surface area contributed by atoms with Crippen LogP contribution in [0, 0.1) is 17.8 Å². The standard InChI is InChI=1S/C39H46ClN3O6S/c1-25-7-6-9-35(48-3)33-18-13-30(33)24-43-23-29-10-15-31(40)21-27(29)8-4-5-20-49-36-19-14-28(22-34(36)43)38(45)42-50(46)39(25)41-37(44)26-11-16-32(47-2)17-12-26/h6,9-12,14-17,19,21-22,25,30,33,35,39,50H,4-5,7-8,13,18,20,23-24H2,1-3H3,(H,41,44)/b9-6+/t25-,30-,33+,35-,39?/m0/s1. The molecule has 1 saturated carbocycles. The van der Waals surface area contributed by atoms with E-state index >= 15 is 0 Å². The van der Waals surface area contributed by atoms with Crippen molar-refractivity contribution in [2.75, 3.05) is 32.3 Å². The molecule has 2 unspecified atom stereocenters. The van der Waals surface area contributed by atoms with E-state index < -0.39 is 27.8 Å². The van der Waals surface area contributed by atoms with Crippen LogP contribution in [0.4, 0.5) is 5.69 Å². The minimum absolute atomic E-state index is 0.0988. The number of aryl methyl sites for hydroxylation is 1. The van der Waals surface area contributed by atoms with E-state index in [4.69, 9.17) is 25.8 Å². The van der Waals surface area contributed by atoms with E-state index in [0.29, 0.717) is 59.1 Å². The molecule has 1 fully saturated rings. The number of rotatable bonds is 4. The first kappa shape index (κ1) is 35.9. The van der Waals surface area contributed by atoms with Crippen LogP contribution in [0.3, 0.4) is 0 Å². The molecule has 2 heterocycles. The van der Waals surface area contributed by atoms with Crippen LogP contribution in [0.5, 0.6) is 11.5 Å². The number of allylic oxidation sites excluding steroid dienone is 1. The molecule has 2 bridgehead atoms. The molecule has 0 radical (unpaired) electrons. The van der Waals surface area contributed by atoms with Gasteiger partial charge in [-0.2, -0.15) is 4.36 Å². The number of halogens is 1. The number of nitrogens with one attached hydrogen (secondary N) is 1. The van der Waals surface area contributed by atoms with E-state index in [1.807, 2.05) is 31.2 Å². The van der Waals surface area contributed by atoms with E-state index in [1.165, 1.54) is 11.1 Å². The van der Waals surface area contributed by atoms with Crippen molar-refractivity contribution in [2.45, 2.75) is 63.5 Å². The van der Waals surface area contributed by atoms with Crippen LogP contribution in [0.15, 0.2) is 77.2 Å². The van der Waals surface area contributed by atoms with Gasteiger partial charge in [-0.1, -0.05) is 36.7 Å². The molecule has 2 amide bonds. The SMILES string of the molecule is COc1ccc(C(=O)NC2[C@@H](C)C/C=C/[C@H](OC)[C@@H]3CC[C@H]3CN3Cc4ccc(Cl)cc4CCCCOc4ccc(cc43)C(=O)/N=[SH]\2=O)cc1. The fourth-order valence-electron chi connectivity index (χ4n) is 7.13. The lowest BCUT2D eigenvalue weighted by molar-refractivity contribution is 0.0133. The Morgan fingerprint density at radius 2 is 1.86 bits per heavy atom. The Labute approximate surface area is 301 Å². The molecule has 11 heteroatoms. The van der Waals surface area contributed by atoms with Gasteiger partial charge in [0, 0.05) is 36.3 Å². The van der Waals surface area contributed by atoms with Gasteiger partial charge < -0.3 is 24.4 Å². The monoisotopic (exact) mass is 719 g/mol. The molecular weight excluding hydrogens is 674 g/mol. The summed E-state index contributed by atoms with van der Waals surface area (Å²) in [7, 11) is 0.757. The van der Waals surface area contributed by atoms with Crippen LogP contribution in [-0.4, -0.2) is 54.9 Å². The number of fused-ring (bicyclic) bond motifs is 3. The van der Waals surface area contributed by atoms with E-state index in [-0.39, 0.29) is 12.0 Å². The average Bonchev–Trinajstić information content (AvgIpc) is 3.14. The van der Waals surface area contributed by atoms with Crippen molar-refractivity contribution in [2.24, 2.45) is 22.1 Å². The van der Waals surface area contributed by atoms with Crippen molar-refractivity contribution >= 4 is 39.7 Å².